The summed E-state index contributed by atoms with van der Waals surface area (Å²) in [5.41, 5.74) is 2.50. The maximum Gasteiger partial charge on any atom is 0.293 e. The molecule has 0 saturated carbocycles. The molecule has 1 heterocycles. The Balaban J connectivity index is 2.05. The Hall–Kier alpha value is -2.88. The third-order valence-electron chi connectivity index (χ3n) is 3.05. The van der Waals surface area contributed by atoms with E-state index in [9.17, 15) is 4.79 Å². The molecule has 0 aliphatic heterocycles. The van der Waals surface area contributed by atoms with Crippen molar-refractivity contribution in [1.82, 2.24) is 4.98 Å². The second-order valence-corrected chi connectivity index (χ2v) is 4.43. The van der Waals surface area contributed by atoms with Gasteiger partial charge in [0.25, 0.3) is 6.47 Å². The van der Waals surface area contributed by atoms with E-state index < -0.39 is 0 Å². The number of hydrogen-bond donors (Lipinski definition) is 0. The molecule has 0 radical (unpaired) electrons. The van der Waals surface area contributed by atoms with Crippen molar-refractivity contribution in [2.75, 3.05) is 0 Å². The van der Waals surface area contributed by atoms with Gasteiger partial charge in [0.15, 0.2) is 12.4 Å². The van der Waals surface area contributed by atoms with Gasteiger partial charge in [0.2, 0.25) is 5.89 Å². The van der Waals surface area contributed by atoms with Gasteiger partial charge >= 0.3 is 0 Å². The number of carbonyl (C=O) groups excluding carboxylic acids is 1. The quantitative estimate of drug-likeness (QED) is 0.668. The van der Waals surface area contributed by atoms with E-state index in [1.807, 2.05) is 60.7 Å². The van der Waals surface area contributed by atoms with Crippen LogP contribution >= 0.6 is 0 Å². The molecule has 0 aliphatic rings. The Morgan fingerprint density at radius 2 is 1.57 bits per heavy atom. The lowest BCUT2D eigenvalue weighted by Gasteiger charge is -1.99. The van der Waals surface area contributed by atoms with E-state index in [1.165, 1.54) is 0 Å². The summed E-state index contributed by atoms with van der Waals surface area (Å²) in [6.45, 7) is 0.465. The molecule has 0 fully saturated rings. The lowest BCUT2D eigenvalue weighted by Crippen LogP contribution is -1.91. The molecule has 0 spiro atoms. The van der Waals surface area contributed by atoms with Crippen molar-refractivity contribution >= 4 is 6.47 Å². The van der Waals surface area contributed by atoms with Gasteiger partial charge in [0.05, 0.1) is 0 Å². The van der Waals surface area contributed by atoms with Gasteiger partial charge in [0.1, 0.15) is 5.69 Å². The highest BCUT2D eigenvalue weighted by molar-refractivity contribution is 5.65. The summed E-state index contributed by atoms with van der Waals surface area (Å²) in [5.74, 6) is 1.05. The number of nitrogens with zero attached hydrogens (tertiary/aromatic N) is 1. The maximum absolute atomic E-state index is 10.4. The minimum absolute atomic E-state index is 0.0631. The summed E-state index contributed by atoms with van der Waals surface area (Å²) in [5, 5.41) is 0. The van der Waals surface area contributed by atoms with Crippen LogP contribution in [0.1, 0.15) is 5.76 Å². The van der Waals surface area contributed by atoms with Crippen molar-refractivity contribution in [2.45, 2.75) is 6.61 Å². The molecule has 0 amide bonds. The number of ether oxygens (including phenoxy) is 1. The van der Waals surface area contributed by atoms with Crippen LogP contribution in [0.3, 0.4) is 0 Å². The molecule has 0 aliphatic carbocycles. The number of oxazole rings is 1. The highest BCUT2D eigenvalue weighted by Crippen LogP contribution is 2.29. The van der Waals surface area contributed by atoms with Crippen molar-refractivity contribution in [3.8, 4) is 22.7 Å². The van der Waals surface area contributed by atoms with Gasteiger partial charge in [0, 0.05) is 11.1 Å². The smallest absolute Gasteiger partial charge is 0.293 e. The fraction of sp³-hybridized carbons (Fsp3) is 0.0588. The Morgan fingerprint density at radius 3 is 2.19 bits per heavy atom. The molecule has 1 aromatic heterocycles. The highest BCUT2D eigenvalue weighted by atomic mass is 16.5. The zero-order valence-electron chi connectivity index (χ0n) is 11.2. The number of hydrogen-bond acceptors (Lipinski definition) is 4. The zero-order valence-corrected chi connectivity index (χ0v) is 11.2. The average molecular weight is 279 g/mol. The number of benzene rings is 2. The van der Waals surface area contributed by atoms with Crippen LogP contribution in [0, 0.1) is 0 Å². The standard InChI is InChI=1S/C17H13NO3/c19-12-20-11-15-16(13-7-3-1-4-8-13)18-17(21-15)14-9-5-2-6-10-14/h1-10,12H,11H2. The minimum Gasteiger partial charge on any atom is -0.460 e. The molecule has 21 heavy (non-hydrogen) atoms. The lowest BCUT2D eigenvalue weighted by atomic mass is 10.1. The van der Waals surface area contributed by atoms with E-state index in [2.05, 4.69) is 4.98 Å². The van der Waals surface area contributed by atoms with Crippen LogP contribution in [0.25, 0.3) is 22.7 Å². The molecule has 0 saturated heterocycles. The van der Waals surface area contributed by atoms with E-state index in [0.717, 1.165) is 11.1 Å². The molecule has 3 rings (SSSR count). The summed E-state index contributed by atoms with van der Waals surface area (Å²) in [4.78, 5) is 15.0. The molecule has 0 atom stereocenters. The Labute approximate surface area is 122 Å². The predicted molar refractivity (Wildman–Crippen MR) is 78.2 cm³/mol. The Morgan fingerprint density at radius 1 is 0.952 bits per heavy atom. The van der Waals surface area contributed by atoms with Crippen molar-refractivity contribution in [3.05, 3.63) is 66.4 Å². The first-order chi connectivity index (χ1) is 10.4. The monoisotopic (exact) mass is 279 g/mol. The zero-order chi connectivity index (χ0) is 14.5. The van der Waals surface area contributed by atoms with Crippen LogP contribution in [-0.4, -0.2) is 11.5 Å². The molecule has 0 N–H and O–H groups in total. The molecule has 104 valence electrons. The molecule has 0 unspecified atom stereocenters. The van der Waals surface area contributed by atoms with Crippen LogP contribution in [0.5, 0.6) is 0 Å². The summed E-state index contributed by atoms with van der Waals surface area (Å²) in [6, 6.07) is 19.3. The SMILES string of the molecule is O=COCc1oc(-c2ccccc2)nc1-c1ccccc1. The van der Waals surface area contributed by atoms with Crippen LogP contribution in [0.4, 0.5) is 0 Å². The normalized spacial score (nSPS) is 10.3. The van der Waals surface area contributed by atoms with Gasteiger partial charge in [-0.1, -0.05) is 48.5 Å². The lowest BCUT2D eigenvalue weighted by molar-refractivity contribution is -0.130. The van der Waals surface area contributed by atoms with Gasteiger partial charge in [-0.25, -0.2) is 4.98 Å². The van der Waals surface area contributed by atoms with Crippen LogP contribution in [0.2, 0.25) is 0 Å². The summed E-state index contributed by atoms with van der Waals surface area (Å²) >= 11 is 0. The third-order valence-corrected chi connectivity index (χ3v) is 3.05. The first-order valence-electron chi connectivity index (χ1n) is 6.54. The van der Waals surface area contributed by atoms with E-state index in [-0.39, 0.29) is 6.61 Å². The first kappa shape index (κ1) is 13.1. The van der Waals surface area contributed by atoms with Crippen molar-refractivity contribution in [2.24, 2.45) is 0 Å². The maximum atomic E-state index is 10.4. The molecule has 4 nitrogen and oxygen atoms in total. The molecular weight excluding hydrogens is 266 g/mol. The molecule has 3 aromatic rings. The fourth-order valence-electron chi connectivity index (χ4n) is 2.09. The molecule has 2 aromatic carbocycles. The van der Waals surface area contributed by atoms with Gasteiger partial charge in [-0.3, -0.25) is 4.79 Å². The number of aromatic nitrogens is 1. The van der Waals surface area contributed by atoms with E-state index in [0.29, 0.717) is 23.8 Å². The predicted octanol–water partition coefficient (Wildman–Crippen LogP) is 3.68. The van der Waals surface area contributed by atoms with E-state index in [4.69, 9.17) is 9.15 Å². The van der Waals surface area contributed by atoms with Gasteiger partial charge in [-0.2, -0.15) is 0 Å². The summed E-state index contributed by atoms with van der Waals surface area (Å²) in [7, 11) is 0. The highest BCUT2D eigenvalue weighted by Gasteiger charge is 2.16. The number of rotatable bonds is 5. The van der Waals surface area contributed by atoms with Crippen LogP contribution in [-0.2, 0) is 16.1 Å². The van der Waals surface area contributed by atoms with Crippen molar-refractivity contribution in [3.63, 3.8) is 0 Å². The summed E-state index contributed by atoms with van der Waals surface area (Å²) in [6.07, 6.45) is 0. The Kier molecular flexibility index (Phi) is 3.78. The number of carbonyl (C=O) groups is 1. The molecule has 4 heteroatoms. The van der Waals surface area contributed by atoms with Crippen LogP contribution in [0.15, 0.2) is 65.1 Å². The van der Waals surface area contributed by atoms with Gasteiger partial charge < -0.3 is 9.15 Å². The average Bonchev–Trinajstić information content (AvgIpc) is 2.99. The van der Waals surface area contributed by atoms with Crippen molar-refractivity contribution in [1.29, 1.82) is 0 Å². The third kappa shape index (κ3) is 2.84. The minimum atomic E-state index is 0.0631. The second kappa shape index (κ2) is 6.05. The van der Waals surface area contributed by atoms with E-state index >= 15 is 0 Å². The largest absolute Gasteiger partial charge is 0.460 e. The topological polar surface area (TPSA) is 52.3 Å². The van der Waals surface area contributed by atoms with Crippen LogP contribution < -0.4 is 0 Å². The summed E-state index contributed by atoms with van der Waals surface area (Å²) < 4.78 is 10.6. The first-order valence-corrected chi connectivity index (χ1v) is 6.54. The van der Waals surface area contributed by atoms with Gasteiger partial charge in [-0.15, -0.1) is 0 Å². The molecule has 0 bridgehead atoms. The second-order valence-electron chi connectivity index (χ2n) is 4.43. The van der Waals surface area contributed by atoms with E-state index in [1.54, 1.807) is 0 Å². The Bertz CT molecular complexity index is 720. The fourth-order valence-corrected chi connectivity index (χ4v) is 2.09. The van der Waals surface area contributed by atoms with Crippen molar-refractivity contribution < 1.29 is 13.9 Å². The molecular formula is C17H13NO3. The van der Waals surface area contributed by atoms with Gasteiger partial charge in [-0.05, 0) is 12.1 Å².